The molecule has 0 aliphatic heterocycles. The number of hydrogen-bond acceptors (Lipinski definition) is 4. The van der Waals surface area contributed by atoms with Gasteiger partial charge in [-0.2, -0.15) is 0 Å². The maximum absolute atomic E-state index is 12.5. The molecule has 2 aromatic carbocycles. The molecule has 0 bridgehead atoms. The molecule has 2 rings (SSSR count). The second kappa shape index (κ2) is 9.06. The van der Waals surface area contributed by atoms with E-state index < -0.39 is 33.5 Å². The van der Waals surface area contributed by atoms with E-state index in [0.717, 1.165) is 5.56 Å². The lowest BCUT2D eigenvalue weighted by Gasteiger charge is -2.21. The quantitative estimate of drug-likeness (QED) is 0.550. The standard InChI is InChI=1S/C20H26N4O4S/c1-20(2,3)24-29(27,28)16-11-7-10-15(12-16)22-18(25)13-17(23-19(21)26)14-8-5-4-6-9-14/h4-12,17,24H,13H2,1-3H3,(H,22,25)(H3,21,23,26). The number of nitrogens with two attached hydrogens (primary N) is 1. The van der Waals surface area contributed by atoms with Gasteiger partial charge >= 0.3 is 6.03 Å². The van der Waals surface area contributed by atoms with Gasteiger partial charge in [-0.05, 0) is 44.5 Å². The van der Waals surface area contributed by atoms with Crippen molar-refractivity contribution in [2.24, 2.45) is 5.73 Å². The molecule has 0 aliphatic rings. The minimum atomic E-state index is -3.73. The van der Waals surface area contributed by atoms with Crippen LogP contribution in [-0.2, 0) is 14.8 Å². The van der Waals surface area contributed by atoms with Crippen LogP contribution in [0.5, 0.6) is 0 Å². The first-order valence-electron chi connectivity index (χ1n) is 9.01. The molecule has 0 spiro atoms. The molecule has 29 heavy (non-hydrogen) atoms. The molecule has 0 saturated carbocycles. The van der Waals surface area contributed by atoms with E-state index in [1.165, 1.54) is 12.1 Å². The predicted octanol–water partition coefficient (Wildman–Crippen LogP) is 2.50. The van der Waals surface area contributed by atoms with Crippen molar-refractivity contribution in [2.75, 3.05) is 5.32 Å². The number of primary amides is 1. The second-order valence-corrected chi connectivity index (χ2v) is 9.29. The average molecular weight is 419 g/mol. The maximum atomic E-state index is 12.5. The van der Waals surface area contributed by atoms with Crippen LogP contribution in [0, 0.1) is 0 Å². The zero-order valence-electron chi connectivity index (χ0n) is 16.6. The van der Waals surface area contributed by atoms with Gasteiger partial charge in [0.2, 0.25) is 15.9 Å². The summed E-state index contributed by atoms with van der Waals surface area (Å²) < 4.78 is 27.5. The first-order valence-corrected chi connectivity index (χ1v) is 10.5. The summed E-state index contributed by atoms with van der Waals surface area (Å²) in [6.45, 7) is 5.23. The highest BCUT2D eigenvalue weighted by atomic mass is 32.2. The predicted molar refractivity (Wildman–Crippen MR) is 112 cm³/mol. The lowest BCUT2D eigenvalue weighted by Crippen LogP contribution is -2.40. The molecule has 0 saturated heterocycles. The third kappa shape index (κ3) is 7.20. The van der Waals surface area contributed by atoms with E-state index in [4.69, 9.17) is 5.73 Å². The van der Waals surface area contributed by atoms with Crippen molar-refractivity contribution in [3.05, 3.63) is 60.2 Å². The molecule has 0 aliphatic carbocycles. The van der Waals surface area contributed by atoms with Crippen LogP contribution in [0.4, 0.5) is 10.5 Å². The first kappa shape index (κ1) is 22.4. The van der Waals surface area contributed by atoms with E-state index in [9.17, 15) is 18.0 Å². The third-order valence-corrected chi connectivity index (χ3v) is 5.53. The zero-order valence-corrected chi connectivity index (χ0v) is 17.4. The average Bonchev–Trinajstić information content (AvgIpc) is 2.60. The highest BCUT2D eigenvalue weighted by molar-refractivity contribution is 7.89. The first-order chi connectivity index (χ1) is 13.5. The van der Waals surface area contributed by atoms with E-state index in [0.29, 0.717) is 5.69 Å². The lowest BCUT2D eigenvalue weighted by atomic mass is 10.0. The van der Waals surface area contributed by atoms with Crippen molar-refractivity contribution in [2.45, 2.75) is 43.7 Å². The van der Waals surface area contributed by atoms with Gasteiger partial charge in [-0.25, -0.2) is 17.9 Å². The van der Waals surface area contributed by atoms with Crippen LogP contribution in [-0.4, -0.2) is 25.9 Å². The Labute approximate surface area is 170 Å². The Hall–Kier alpha value is -2.91. The number of amides is 3. The molecular weight excluding hydrogens is 392 g/mol. The number of carbonyl (C=O) groups excluding carboxylic acids is 2. The van der Waals surface area contributed by atoms with Crippen LogP contribution in [0.1, 0.15) is 38.8 Å². The Morgan fingerprint density at radius 2 is 1.69 bits per heavy atom. The van der Waals surface area contributed by atoms with Crippen LogP contribution in [0.3, 0.4) is 0 Å². The summed E-state index contributed by atoms with van der Waals surface area (Å²) in [6, 6.07) is 13.6. The Morgan fingerprint density at radius 1 is 1.03 bits per heavy atom. The zero-order chi connectivity index (χ0) is 21.7. The summed E-state index contributed by atoms with van der Waals surface area (Å²) >= 11 is 0. The van der Waals surface area contributed by atoms with Crippen LogP contribution in [0.2, 0.25) is 0 Å². The van der Waals surface area contributed by atoms with Crippen molar-refractivity contribution in [1.82, 2.24) is 10.0 Å². The molecule has 5 N–H and O–H groups in total. The van der Waals surface area contributed by atoms with Gasteiger partial charge in [0.05, 0.1) is 17.4 Å². The molecule has 8 nitrogen and oxygen atoms in total. The van der Waals surface area contributed by atoms with Gasteiger partial charge in [0.25, 0.3) is 0 Å². The summed E-state index contributed by atoms with van der Waals surface area (Å²) in [5.41, 5.74) is 5.64. The fourth-order valence-electron chi connectivity index (χ4n) is 2.71. The van der Waals surface area contributed by atoms with Crippen molar-refractivity contribution in [3.63, 3.8) is 0 Å². The van der Waals surface area contributed by atoms with Gasteiger partial charge in [0, 0.05) is 11.2 Å². The summed E-state index contributed by atoms with van der Waals surface area (Å²) in [5, 5.41) is 5.21. The summed E-state index contributed by atoms with van der Waals surface area (Å²) in [5.74, 6) is -0.397. The SMILES string of the molecule is CC(C)(C)NS(=O)(=O)c1cccc(NC(=O)CC(NC(N)=O)c2ccccc2)c1. The van der Waals surface area contributed by atoms with Crippen LogP contribution in [0.25, 0.3) is 0 Å². The van der Waals surface area contributed by atoms with E-state index >= 15 is 0 Å². The van der Waals surface area contributed by atoms with Crippen molar-refractivity contribution in [3.8, 4) is 0 Å². The van der Waals surface area contributed by atoms with Gasteiger partial charge in [-0.3, -0.25) is 4.79 Å². The van der Waals surface area contributed by atoms with Gasteiger partial charge < -0.3 is 16.4 Å². The van der Waals surface area contributed by atoms with Crippen LogP contribution >= 0.6 is 0 Å². The normalized spacial score (nSPS) is 12.8. The van der Waals surface area contributed by atoms with E-state index in [2.05, 4.69) is 15.4 Å². The summed E-state index contributed by atoms with van der Waals surface area (Å²) in [7, 11) is -3.73. The Kier molecular flexibility index (Phi) is 6.99. The van der Waals surface area contributed by atoms with E-state index in [1.807, 2.05) is 6.07 Å². The van der Waals surface area contributed by atoms with E-state index in [1.54, 1.807) is 57.2 Å². The maximum Gasteiger partial charge on any atom is 0.312 e. The smallest absolute Gasteiger partial charge is 0.312 e. The van der Waals surface area contributed by atoms with Crippen LogP contribution in [0.15, 0.2) is 59.5 Å². The number of carbonyl (C=O) groups is 2. The molecular formula is C20H26N4O4S. The summed E-state index contributed by atoms with van der Waals surface area (Å²) in [6.07, 6.45) is -0.0653. The molecule has 0 radical (unpaired) electrons. The highest BCUT2D eigenvalue weighted by Gasteiger charge is 2.23. The molecule has 1 unspecified atom stereocenters. The number of sulfonamides is 1. The molecule has 156 valence electrons. The van der Waals surface area contributed by atoms with Gasteiger partial charge in [-0.1, -0.05) is 36.4 Å². The highest BCUT2D eigenvalue weighted by Crippen LogP contribution is 2.20. The van der Waals surface area contributed by atoms with Crippen molar-refractivity contribution >= 4 is 27.6 Å². The van der Waals surface area contributed by atoms with E-state index in [-0.39, 0.29) is 11.3 Å². The number of rotatable bonds is 7. The molecule has 0 aromatic heterocycles. The topological polar surface area (TPSA) is 130 Å². The summed E-state index contributed by atoms with van der Waals surface area (Å²) in [4.78, 5) is 23.8. The molecule has 3 amide bonds. The fraction of sp³-hybridized carbons (Fsp3) is 0.300. The van der Waals surface area contributed by atoms with Gasteiger partial charge in [0.15, 0.2) is 0 Å². The molecule has 9 heteroatoms. The molecule has 0 heterocycles. The number of anilines is 1. The fourth-order valence-corrected chi connectivity index (χ4v) is 4.17. The number of hydrogen-bond donors (Lipinski definition) is 4. The Bertz CT molecular complexity index is 969. The monoisotopic (exact) mass is 418 g/mol. The van der Waals surface area contributed by atoms with Crippen LogP contribution < -0.4 is 21.1 Å². The number of nitrogens with one attached hydrogen (secondary N) is 3. The molecule has 2 aromatic rings. The van der Waals surface area contributed by atoms with Crippen molar-refractivity contribution in [1.29, 1.82) is 0 Å². The molecule has 0 fully saturated rings. The van der Waals surface area contributed by atoms with Gasteiger partial charge in [-0.15, -0.1) is 0 Å². The third-order valence-electron chi connectivity index (χ3n) is 3.78. The molecule has 1 atom stereocenters. The minimum absolute atomic E-state index is 0.0418. The van der Waals surface area contributed by atoms with Crippen molar-refractivity contribution < 1.29 is 18.0 Å². The Morgan fingerprint density at radius 3 is 2.28 bits per heavy atom. The largest absolute Gasteiger partial charge is 0.352 e. The number of benzene rings is 2. The Balaban J connectivity index is 2.15. The minimum Gasteiger partial charge on any atom is -0.352 e. The second-order valence-electron chi connectivity index (χ2n) is 7.61. The van der Waals surface area contributed by atoms with Gasteiger partial charge in [0.1, 0.15) is 0 Å². The lowest BCUT2D eigenvalue weighted by molar-refractivity contribution is -0.116. The number of urea groups is 1.